The van der Waals surface area contributed by atoms with E-state index in [1.165, 1.54) is 6.42 Å². The lowest BCUT2D eigenvalue weighted by Crippen LogP contribution is -2.20. The Hall–Kier alpha value is -4.99. The summed E-state index contributed by atoms with van der Waals surface area (Å²) in [6.07, 6.45) is 6.00. The molecule has 0 aliphatic heterocycles. The molecule has 276 valence electrons. The van der Waals surface area contributed by atoms with Crippen LogP contribution in [-0.4, -0.2) is 61.8 Å². The second kappa shape index (κ2) is 20.8. The standard InChI is InChI=1S/C43H49FO8/c1-4-5-6-7-8-9-40-38(22-23-39(41(40)44)35-16-20-37(21-17-35)50-25-27-52-43(48)31(3)29-46)34-12-10-32(11-13-34)33-14-18-36(19-15-33)49-24-26-51-42(47)30(2)28-45/h10-23,30,45-46H,3-9,24-29H2,1-2H3. The van der Waals surface area contributed by atoms with Crippen molar-refractivity contribution in [1.29, 1.82) is 0 Å². The summed E-state index contributed by atoms with van der Waals surface area (Å²) in [6.45, 7) is 6.94. The molecule has 0 bridgehead atoms. The van der Waals surface area contributed by atoms with Crippen LogP contribution in [0.4, 0.5) is 4.39 Å². The molecule has 4 aromatic carbocycles. The highest BCUT2D eigenvalue weighted by Crippen LogP contribution is 2.35. The van der Waals surface area contributed by atoms with Crippen molar-refractivity contribution in [3.8, 4) is 44.9 Å². The van der Waals surface area contributed by atoms with Crippen molar-refractivity contribution in [2.75, 3.05) is 39.6 Å². The molecular formula is C43H49FO8. The van der Waals surface area contributed by atoms with Crippen LogP contribution in [0.25, 0.3) is 33.4 Å². The Bertz CT molecular complexity index is 1730. The van der Waals surface area contributed by atoms with Crippen molar-refractivity contribution in [1.82, 2.24) is 0 Å². The smallest absolute Gasteiger partial charge is 0.335 e. The summed E-state index contributed by atoms with van der Waals surface area (Å²) >= 11 is 0. The lowest BCUT2D eigenvalue weighted by Gasteiger charge is -2.16. The first kappa shape index (κ1) is 39.8. The molecule has 0 aliphatic rings. The fourth-order valence-electron chi connectivity index (χ4n) is 5.56. The summed E-state index contributed by atoms with van der Waals surface area (Å²) in [5, 5.41) is 18.0. The number of carbonyl (C=O) groups is 2. The number of benzene rings is 4. The molecule has 2 N–H and O–H groups in total. The van der Waals surface area contributed by atoms with Gasteiger partial charge in [0.2, 0.25) is 0 Å². The monoisotopic (exact) mass is 712 g/mol. The van der Waals surface area contributed by atoms with Gasteiger partial charge in [0.1, 0.15) is 43.7 Å². The van der Waals surface area contributed by atoms with E-state index in [1.807, 2.05) is 72.8 Å². The van der Waals surface area contributed by atoms with E-state index < -0.39 is 24.5 Å². The van der Waals surface area contributed by atoms with Gasteiger partial charge in [0.15, 0.2) is 0 Å². The highest BCUT2D eigenvalue weighted by molar-refractivity contribution is 5.87. The summed E-state index contributed by atoms with van der Waals surface area (Å²) in [5.41, 5.74) is 5.76. The summed E-state index contributed by atoms with van der Waals surface area (Å²) in [5.74, 6) is -0.699. The molecule has 9 heteroatoms. The van der Waals surface area contributed by atoms with Crippen molar-refractivity contribution in [3.05, 3.63) is 108 Å². The third kappa shape index (κ3) is 11.5. The Morgan fingerprint density at radius 3 is 1.75 bits per heavy atom. The molecule has 0 saturated carbocycles. The van der Waals surface area contributed by atoms with Crippen molar-refractivity contribution in [2.45, 2.75) is 52.4 Å². The molecule has 0 fully saturated rings. The van der Waals surface area contributed by atoms with Crippen LogP contribution < -0.4 is 9.47 Å². The molecular weight excluding hydrogens is 663 g/mol. The Morgan fingerprint density at radius 1 is 0.673 bits per heavy atom. The molecule has 1 atom stereocenters. The van der Waals surface area contributed by atoms with Crippen LogP contribution in [0.5, 0.6) is 11.5 Å². The summed E-state index contributed by atoms with van der Waals surface area (Å²) < 4.78 is 37.9. The number of halogens is 1. The van der Waals surface area contributed by atoms with Crippen LogP contribution in [0, 0.1) is 11.7 Å². The number of aliphatic hydroxyl groups excluding tert-OH is 2. The highest BCUT2D eigenvalue weighted by Gasteiger charge is 2.17. The average molecular weight is 713 g/mol. The molecule has 0 spiro atoms. The maximum Gasteiger partial charge on any atom is 0.335 e. The van der Waals surface area contributed by atoms with Gasteiger partial charge in [-0.2, -0.15) is 0 Å². The van der Waals surface area contributed by atoms with Gasteiger partial charge < -0.3 is 29.2 Å². The number of hydrogen-bond donors (Lipinski definition) is 2. The van der Waals surface area contributed by atoms with Gasteiger partial charge >= 0.3 is 11.9 Å². The van der Waals surface area contributed by atoms with Gasteiger partial charge in [-0.15, -0.1) is 0 Å². The highest BCUT2D eigenvalue weighted by atomic mass is 19.1. The fourth-order valence-corrected chi connectivity index (χ4v) is 5.56. The molecule has 0 aromatic heterocycles. The van der Waals surface area contributed by atoms with E-state index in [0.717, 1.165) is 53.5 Å². The first-order chi connectivity index (χ1) is 25.2. The van der Waals surface area contributed by atoms with Gasteiger partial charge in [0.05, 0.1) is 24.7 Å². The van der Waals surface area contributed by atoms with E-state index in [2.05, 4.69) is 13.5 Å². The molecule has 4 rings (SSSR count). The molecule has 0 aliphatic carbocycles. The predicted molar refractivity (Wildman–Crippen MR) is 201 cm³/mol. The average Bonchev–Trinajstić information content (AvgIpc) is 3.18. The van der Waals surface area contributed by atoms with E-state index in [1.54, 1.807) is 19.1 Å². The summed E-state index contributed by atoms with van der Waals surface area (Å²) in [4.78, 5) is 23.3. The summed E-state index contributed by atoms with van der Waals surface area (Å²) in [6, 6.07) is 26.8. The maximum atomic E-state index is 16.4. The Balaban J connectivity index is 1.44. The lowest BCUT2D eigenvalue weighted by atomic mass is 9.90. The largest absolute Gasteiger partial charge is 0.490 e. The fraction of sp³-hybridized carbons (Fsp3) is 0.349. The first-order valence-electron chi connectivity index (χ1n) is 17.9. The Morgan fingerprint density at radius 2 is 1.17 bits per heavy atom. The van der Waals surface area contributed by atoms with Crippen molar-refractivity contribution >= 4 is 11.9 Å². The topological polar surface area (TPSA) is 112 Å². The van der Waals surface area contributed by atoms with E-state index in [0.29, 0.717) is 29.0 Å². The molecule has 0 amide bonds. The number of esters is 2. The summed E-state index contributed by atoms with van der Waals surface area (Å²) in [7, 11) is 0. The number of unbranched alkanes of at least 4 members (excludes halogenated alkanes) is 4. The number of rotatable bonds is 21. The van der Waals surface area contributed by atoms with Gasteiger partial charge in [-0.05, 0) is 77.4 Å². The van der Waals surface area contributed by atoms with Gasteiger partial charge in [-0.3, -0.25) is 4.79 Å². The SMILES string of the molecule is C=C(CO)C(=O)OCCOc1ccc(-c2ccc(-c3ccc(-c4ccc(OCCOC(=O)C(C)CO)cc4)cc3)c(CCCCCCC)c2F)cc1. The number of aliphatic hydroxyl groups is 2. The van der Waals surface area contributed by atoms with Crippen LogP contribution in [0.2, 0.25) is 0 Å². The molecule has 0 saturated heterocycles. The zero-order valence-corrected chi connectivity index (χ0v) is 30.1. The van der Waals surface area contributed by atoms with Crippen LogP contribution in [0.1, 0.15) is 51.5 Å². The van der Waals surface area contributed by atoms with Gasteiger partial charge in [0.25, 0.3) is 0 Å². The molecule has 1 unspecified atom stereocenters. The predicted octanol–water partition coefficient (Wildman–Crippen LogP) is 8.36. The second-order valence-electron chi connectivity index (χ2n) is 12.6. The van der Waals surface area contributed by atoms with Crippen LogP contribution >= 0.6 is 0 Å². The number of ether oxygens (including phenoxy) is 4. The number of hydrogen-bond acceptors (Lipinski definition) is 8. The number of carbonyl (C=O) groups excluding carboxylic acids is 2. The van der Waals surface area contributed by atoms with E-state index in [4.69, 9.17) is 29.2 Å². The van der Waals surface area contributed by atoms with Crippen molar-refractivity contribution in [2.24, 2.45) is 5.92 Å². The Kier molecular flexibility index (Phi) is 15.9. The molecule has 4 aromatic rings. The quantitative estimate of drug-likeness (QED) is 0.0504. The van der Waals surface area contributed by atoms with Crippen molar-refractivity contribution in [3.63, 3.8) is 0 Å². The molecule has 52 heavy (non-hydrogen) atoms. The van der Waals surface area contributed by atoms with E-state index >= 15 is 4.39 Å². The van der Waals surface area contributed by atoms with Crippen LogP contribution in [-0.2, 0) is 25.5 Å². The van der Waals surface area contributed by atoms with Crippen LogP contribution in [0.3, 0.4) is 0 Å². The van der Waals surface area contributed by atoms with Gasteiger partial charge in [-0.25, -0.2) is 9.18 Å². The molecule has 0 radical (unpaired) electrons. The minimum Gasteiger partial charge on any atom is -0.490 e. The minimum absolute atomic E-state index is 0.00780. The van der Waals surface area contributed by atoms with E-state index in [-0.39, 0.29) is 44.4 Å². The normalized spacial score (nSPS) is 11.5. The lowest BCUT2D eigenvalue weighted by molar-refractivity contribution is -0.150. The Labute approximate surface area is 305 Å². The van der Waals surface area contributed by atoms with E-state index in [9.17, 15) is 9.59 Å². The zero-order chi connectivity index (χ0) is 37.3. The third-order valence-corrected chi connectivity index (χ3v) is 8.66. The van der Waals surface area contributed by atoms with Crippen LogP contribution in [0.15, 0.2) is 97.1 Å². The minimum atomic E-state index is -0.667. The van der Waals surface area contributed by atoms with Gasteiger partial charge in [-0.1, -0.05) is 99.8 Å². The maximum absolute atomic E-state index is 16.4. The molecule has 8 nitrogen and oxygen atoms in total. The van der Waals surface area contributed by atoms with Gasteiger partial charge in [0, 0.05) is 5.56 Å². The van der Waals surface area contributed by atoms with Crippen molar-refractivity contribution < 1.29 is 43.1 Å². The third-order valence-electron chi connectivity index (χ3n) is 8.66. The second-order valence-corrected chi connectivity index (χ2v) is 12.6. The molecule has 0 heterocycles. The first-order valence-corrected chi connectivity index (χ1v) is 17.9. The zero-order valence-electron chi connectivity index (χ0n) is 30.1.